The lowest BCUT2D eigenvalue weighted by molar-refractivity contribution is 0.581. The zero-order chi connectivity index (χ0) is 11.3. The Hall–Kier alpha value is -1.09. The highest BCUT2D eigenvalue weighted by Crippen LogP contribution is 2.12. The summed E-state index contributed by atoms with van der Waals surface area (Å²) >= 11 is 0. The van der Waals surface area contributed by atoms with E-state index in [1.807, 2.05) is 12.3 Å². The van der Waals surface area contributed by atoms with E-state index in [0.29, 0.717) is 6.04 Å². The van der Waals surface area contributed by atoms with Gasteiger partial charge in [0, 0.05) is 38.1 Å². The number of aromatic nitrogens is 1. The van der Waals surface area contributed by atoms with Crippen molar-refractivity contribution in [2.24, 2.45) is 0 Å². The molecule has 0 amide bonds. The molecule has 1 aromatic heterocycles. The molecule has 0 saturated heterocycles. The van der Waals surface area contributed by atoms with Crippen molar-refractivity contribution < 1.29 is 0 Å². The van der Waals surface area contributed by atoms with Crippen molar-refractivity contribution in [2.75, 3.05) is 18.5 Å². The summed E-state index contributed by atoms with van der Waals surface area (Å²) in [6.45, 7) is 8.28. The number of hydrogen-bond donors (Lipinski definition) is 1. The molecule has 0 fully saturated rings. The van der Waals surface area contributed by atoms with Gasteiger partial charge in [-0.15, -0.1) is 0 Å². The second kappa shape index (κ2) is 5.71. The van der Waals surface area contributed by atoms with Gasteiger partial charge in [0.25, 0.3) is 0 Å². The van der Waals surface area contributed by atoms with Gasteiger partial charge in [-0.3, -0.25) is 4.98 Å². The van der Waals surface area contributed by atoms with Gasteiger partial charge < -0.3 is 10.2 Å². The normalized spacial score (nSPS) is 10.7. The Balaban J connectivity index is 2.65. The number of nitrogens with one attached hydrogen (secondary N) is 1. The van der Waals surface area contributed by atoms with Crippen LogP contribution in [0.25, 0.3) is 0 Å². The predicted octanol–water partition coefficient (Wildman–Crippen LogP) is 2.04. The summed E-state index contributed by atoms with van der Waals surface area (Å²) in [6, 6.07) is 4.68. The van der Waals surface area contributed by atoms with Crippen LogP contribution in [0, 0.1) is 0 Å². The Kier molecular flexibility index (Phi) is 4.56. The third-order valence-electron chi connectivity index (χ3n) is 2.41. The second-order valence-electron chi connectivity index (χ2n) is 4.06. The van der Waals surface area contributed by atoms with Crippen LogP contribution in [0.1, 0.15) is 26.5 Å². The van der Waals surface area contributed by atoms with Crippen molar-refractivity contribution in [1.29, 1.82) is 0 Å². The highest BCUT2D eigenvalue weighted by molar-refractivity contribution is 5.45. The molecule has 84 valence electrons. The fourth-order valence-electron chi connectivity index (χ4n) is 1.29. The molecule has 0 spiro atoms. The van der Waals surface area contributed by atoms with Gasteiger partial charge in [0.15, 0.2) is 0 Å². The van der Waals surface area contributed by atoms with Crippen LogP contribution in [0.2, 0.25) is 0 Å². The SMILES string of the molecule is CCN(C)c1ccnc(CNC(C)C)c1. The summed E-state index contributed by atoms with van der Waals surface area (Å²) in [5.74, 6) is 0. The topological polar surface area (TPSA) is 28.2 Å². The average molecular weight is 207 g/mol. The van der Waals surface area contributed by atoms with Gasteiger partial charge in [0.1, 0.15) is 0 Å². The van der Waals surface area contributed by atoms with Gasteiger partial charge in [0.2, 0.25) is 0 Å². The highest BCUT2D eigenvalue weighted by Gasteiger charge is 2.01. The van der Waals surface area contributed by atoms with E-state index in [2.05, 4.69) is 49.1 Å². The van der Waals surface area contributed by atoms with Crippen molar-refractivity contribution in [3.63, 3.8) is 0 Å². The summed E-state index contributed by atoms with van der Waals surface area (Å²) in [5.41, 5.74) is 2.33. The largest absolute Gasteiger partial charge is 0.375 e. The molecule has 0 aliphatic rings. The summed E-state index contributed by atoms with van der Waals surface area (Å²) in [4.78, 5) is 6.55. The van der Waals surface area contributed by atoms with Crippen molar-refractivity contribution in [2.45, 2.75) is 33.4 Å². The molecule has 0 radical (unpaired) electrons. The molecule has 0 unspecified atom stereocenters. The van der Waals surface area contributed by atoms with Crippen LogP contribution in [-0.2, 0) is 6.54 Å². The Morgan fingerprint density at radius 3 is 2.80 bits per heavy atom. The van der Waals surface area contributed by atoms with E-state index in [-0.39, 0.29) is 0 Å². The summed E-state index contributed by atoms with van der Waals surface area (Å²) < 4.78 is 0. The Morgan fingerprint density at radius 1 is 1.47 bits per heavy atom. The zero-order valence-corrected chi connectivity index (χ0v) is 10.1. The van der Waals surface area contributed by atoms with E-state index in [9.17, 15) is 0 Å². The summed E-state index contributed by atoms with van der Waals surface area (Å²) in [5, 5.41) is 3.36. The third-order valence-corrected chi connectivity index (χ3v) is 2.41. The van der Waals surface area contributed by atoms with Crippen molar-refractivity contribution >= 4 is 5.69 Å². The maximum atomic E-state index is 4.34. The Bertz CT molecular complexity index is 297. The third kappa shape index (κ3) is 3.88. The molecule has 0 aliphatic heterocycles. The van der Waals surface area contributed by atoms with Crippen LogP contribution in [0.15, 0.2) is 18.3 Å². The molecule has 1 rings (SSSR count). The average Bonchev–Trinajstić information content (AvgIpc) is 2.25. The minimum absolute atomic E-state index is 0.499. The van der Waals surface area contributed by atoms with E-state index >= 15 is 0 Å². The number of nitrogens with zero attached hydrogens (tertiary/aromatic N) is 2. The molecule has 1 heterocycles. The Labute approximate surface area is 92.5 Å². The molecule has 3 nitrogen and oxygen atoms in total. The minimum Gasteiger partial charge on any atom is -0.375 e. The first-order valence-electron chi connectivity index (χ1n) is 5.53. The van der Waals surface area contributed by atoms with Crippen LogP contribution in [-0.4, -0.2) is 24.6 Å². The number of pyridine rings is 1. The van der Waals surface area contributed by atoms with Gasteiger partial charge in [-0.2, -0.15) is 0 Å². The second-order valence-corrected chi connectivity index (χ2v) is 4.06. The first kappa shape index (κ1) is 12.0. The lowest BCUT2D eigenvalue weighted by atomic mass is 10.3. The summed E-state index contributed by atoms with van der Waals surface area (Å²) in [7, 11) is 2.09. The molecule has 1 aromatic rings. The molecule has 0 saturated carbocycles. The van der Waals surface area contributed by atoms with Crippen LogP contribution in [0.4, 0.5) is 5.69 Å². The van der Waals surface area contributed by atoms with Gasteiger partial charge in [-0.1, -0.05) is 13.8 Å². The fraction of sp³-hybridized carbons (Fsp3) is 0.583. The number of anilines is 1. The van der Waals surface area contributed by atoms with Crippen molar-refractivity contribution in [1.82, 2.24) is 10.3 Å². The van der Waals surface area contributed by atoms with E-state index in [1.54, 1.807) is 0 Å². The zero-order valence-electron chi connectivity index (χ0n) is 10.1. The highest BCUT2D eigenvalue weighted by atomic mass is 15.1. The predicted molar refractivity (Wildman–Crippen MR) is 65.2 cm³/mol. The first-order valence-corrected chi connectivity index (χ1v) is 5.53. The van der Waals surface area contributed by atoms with Crippen molar-refractivity contribution in [3.8, 4) is 0 Å². The molecular weight excluding hydrogens is 186 g/mol. The monoisotopic (exact) mass is 207 g/mol. The smallest absolute Gasteiger partial charge is 0.0562 e. The van der Waals surface area contributed by atoms with E-state index in [1.165, 1.54) is 5.69 Å². The van der Waals surface area contributed by atoms with E-state index in [0.717, 1.165) is 18.8 Å². The molecule has 15 heavy (non-hydrogen) atoms. The molecular formula is C12H21N3. The van der Waals surface area contributed by atoms with Crippen LogP contribution < -0.4 is 10.2 Å². The Morgan fingerprint density at radius 2 is 2.20 bits per heavy atom. The molecule has 1 N–H and O–H groups in total. The number of rotatable bonds is 5. The molecule has 0 aromatic carbocycles. The molecule has 0 aliphatic carbocycles. The van der Waals surface area contributed by atoms with E-state index in [4.69, 9.17) is 0 Å². The van der Waals surface area contributed by atoms with Gasteiger partial charge in [-0.05, 0) is 19.1 Å². The van der Waals surface area contributed by atoms with Crippen LogP contribution >= 0.6 is 0 Å². The lowest BCUT2D eigenvalue weighted by Gasteiger charge is -2.17. The van der Waals surface area contributed by atoms with Crippen LogP contribution in [0.3, 0.4) is 0 Å². The minimum atomic E-state index is 0.499. The standard InChI is InChI=1S/C12H21N3/c1-5-15(4)12-6-7-13-11(8-12)9-14-10(2)3/h6-8,10,14H,5,9H2,1-4H3. The maximum Gasteiger partial charge on any atom is 0.0562 e. The summed E-state index contributed by atoms with van der Waals surface area (Å²) in [6.07, 6.45) is 1.87. The maximum absolute atomic E-state index is 4.34. The quantitative estimate of drug-likeness (QED) is 0.801. The van der Waals surface area contributed by atoms with Crippen LogP contribution in [0.5, 0.6) is 0 Å². The molecule has 0 atom stereocenters. The van der Waals surface area contributed by atoms with Gasteiger partial charge in [0.05, 0.1) is 5.69 Å². The number of hydrogen-bond acceptors (Lipinski definition) is 3. The molecule has 0 bridgehead atoms. The molecule has 3 heteroatoms. The first-order chi connectivity index (χ1) is 7.13. The van der Waals surface area contributed by atoms with Gasteiger partial charge in [-0.25, -0.2) is 0 Å². The van der Waals surface area contributed by atoms with Crippen molar-refractivity contribution in [3.05, 3.63) is 24.0 Å². The fourth-order valence-corrected chi connectivity index (χ4v) is 1.29. The van der Waals surface area contributed by atoms with Gasteiger partial charge >= 0.3 is 0 Å². The van der Waals surface area contributed by atoms with E-state index < -0.39 is 0 Å². The lowest BCUT2D eigenvalue weighted by Crippen LogP contribution is -2.23.